The maximum absolute atomic E-state index is 13.0. The molecular formula is C32H40O8. The number of ether oxygens (including phenoxy) is 5. The van der Waals surface area contributed by atoms with Crippen molar-refractivity contribution in [3.05, 3.63) is 59.9 Å². The molecule has 1 unspecified atom stereocenters. The number of carbonyl (C=O) groups excluding carboxylic acids is 2. The smallest absolute Gasteiger partial charge is 0.342 e. The lowest BCUT2D eigenvalue weighted by Crippen LogP contribution is -2.58. The number of aliphatic hydroxyl groups is 1. The van der Waals surface area contributed by atoms with Gasteiger partial charge in [0.1, 0.15) is 6.10 Å². The molecule has 1 aromatic carbocycles. The Balaban J connectivity index is 1.51. The summed E-state index contributed by atoms with van der Waals surface area (Å²) in [5.41, 5.74) is 1.63. The normalized spacial score (nSPS) is 30.8. The summed E-state index contributed by atoms with van der Waals surface area (Å²) in [5, 5.41) is 10.7. The maximum Gasteiger partial charge on any atom is 0.342 e. The van der Waals surface area contributed by atoms with Crippen molar-refractivity contribution in [1.82, 2.24) is 0 Å². The number of hydrogen-bond donors (Lipinski definition) is 1. The van der Waals surface area contributed by atoms with Gasteiger partial charge in [-0.1, -0.05) is 32.1 Å². The molecule has 5 atom stereocenters. The Kier molecular flexibility index (Phi) is 8.78. The third-order valence-corrected chi connectivity index (χ3v) is 9.25. The Morgan fingerprint density at radius 3 is 2.42 bits per heavy atom. The fourth-order valence-electron chi connectivity index (χ4n) is 7.05. The summed E-state index contributed by atoms with van der Waals surface area (Å²) < 4.78 is 27.1. The van der Waals surface area contributed by atoms with Crippen LogP contribution < -0.4 is 14.2 Å². The van der Waals surface area contributed by atoms with Gasteiger partial charge < -0.3 is 28.8 Å². The fourth-order valence-corrected chi connectivity index (χ4v) is 7.05. The summed E-state index contributed by atoms with van der Waals surface area (Å²) in [6, 6.07) is 3.50. The molecule has 2 aliphatic carbocycles. The third-order valence-electron chi connectivity index (χ3n) is 9.25. The average molecular weight is 553 g/mol. The highest BCUT2D eigenvalue weighted by Crippen LogP contribution is 2.62. The van der Waals surface area contributed by atoms with E-state index in [2.05, 4.69) is 13.5 Å². The summed E-state index contributed by atoms with van der Waals surface area (Å²) in [4.78, 5) is 24.9. The number of fused-ring (bicyclic) bond motifs is 1. The van der Waals surface area contributed by atoms with Gasteiger partial charge in [-0.2, -0.15) is 0 Å². The first-order valence-corrected chi connectivity index (χ1v) is 13.7. The van der Waals surface area contributed by atoms with Crippen molar-refractivity contribution in [3.8, 4) is 17.2 Å². The topological polar surface area (TPSA) is 101 Å². The van der Waals surface area contributed by atoms with Crippen LogP contribution in [0.15, 0.2) is 54.3 Å². The summed E-state index contributed by atoms with van der Waals surface area (Å²) in [6.45, 7) is 8.56. The van der Waals surface area contributed by atoms with Crippen LogP contribution >= 0.6 is 0 Å². The lowest BCUT2D eigenvalue weighted by atomic mass is 9.46. The number of hydrogen-bond acceptors (Lipinski definition) is 8. The zero-order valence-electron chi connectivity index (χ0n) is 24.0. The second-order valence-electron chi connectivity index (χ2n) is 11.3. The van der Waals surface area contributed by atoms with Crippen LogP contribution in [0.5, 0.6) is 17.2 Å². The quantitative estimate of drug-likeness (QED) is 0.247. The van der Waals surface area contributed by atoms with E-state index in [0.717, 1.165) is 24.8 Å². The van der Waals surface area contributed by atoms with Crippen LogP contribution in [0.1, 0.15) is 51.5 Å². The Labute approximate surface area is 236 Å². The van der Waals surface area contributed by atoms with Gasteiger partial charge in [-0.15, -0.1) is 0 Å². The molecule has 0 spiro atoms. The highest BCUT2D eigenvalue weighted by atomic mass is 16.5. The number of methoxy groups -OCH3 is 3. The molecule has 1 heterocycles. The predicted molar refractivity (Wildman–Crippen MR) is 151 cm³/mol. The first-order valence-electron chi connectivity index (χ1n) is 13.7. The van der Waals surface area contributed by atoms with E-state index in [1.54, 1.807) is 24.3 Å². The molecule has 1 N–H and O–H groups in total. The molecular weight excluding hydrogens is 512 g/mol. The van der Waals surface area contributed by atoms with Crippen molar-refractivity contribution in [2.75, 3.05) is 27.9 Å². The van der Waals surface area contributed by atoms with E-state index in [1.165, 1.54) is 33.7 Å². The van der Waals surface area contributed by atoms with Gasteiger partial charge in [-0.05, 0) is 79.2 Å². The predicted octanol–water partition coefficient (Wildman–Crippen LogP) is 5.41. The summed E-state index contributed by atoms with van der Waals surface area (Å²) in [5.74, 6) is 0.878. The van der Waals surface area contributed by atoms with E-state index < -0.39 is 17.5 Å². The molecule has 1 aliphatic heterocycles. The number of esters is 2. The highest BCUT2D eigenvalue weighted by molar-refractivity contribution is 5.94. The van der Waals surface area contributed by atoms with Crippen LogP contribution in [0.3, 0.4) is 0 Å². The first kappa shape index (κ1) is 29.5. The molecule has 216 valence electrons. The van der Waals surface area contributed by atoms with Gasteiger partial charge in [0, 0.05) is 11.5 Å². The minimum absolute atomic E-state index is 0.100. The van der Waals surface area contributed by atoms with E-state index in [1.807, 2.05) is 13.0 Å². The van der Waals surface area contributed by atoms with Crippen molar-refractivity contribution in [3.63, 3.8) is 0 Å². The van der Waals surface area contributed by atoms with E-state index in [4.69, 9.17) is 23.7 Å². The van der Waals surface area contributed by atoms with E-state index in [-0.39, 0.29) is 29.8 Å². The molecule has 2 fully saturated rings. The summed E-state index contributed by atoms with van der Waals surface area (Å²) >= 11 is 0. The standard InChI is InChI=1S/C32H40O8/c1-20-7-11-26-31(2,23(20)10-9-22-14-16-39-30(22)35)15-13-27(32(26,3)19-33)40-28(34)12-8-21-17-24(36-4)29(38-6)25(18-21)37-5/h8-9,12,14,16-18,23,26-27,33H,1,7,10-11,13,15,19H2,2-6H3/b12-8+,22-9+/t23-,26?,27-,31+,32+/m1/s1. The zero-order valence-corrected chi connectivity index (χ0v) is 24.0. The van der Waals surface area contributed by atoms with Crippen molar-refractivity contribution < 1.29 is 38.4 Å². The van der Waals surface area contributed by atoms with Gasteiger partial charge in [0.15, 0.2) is 11.5 Å². The molecule has 0 radical (unpaired) electrons. The first-order chi connectivity index (χ1) is 19.1. The maximum atomic E-state index is 13.0. The molecule has 0 aromatic heterocycles. The second kappa shape index (κ2) is 11.9. The second-order valence-corrected chi connectivity index (χ2v) is 11.3. The molecule has 1 aromatic rings. The van der Waals surface area contributed by atoms with Crippen LogP contribution in [0.4, 0.5) is 0 Å². The Hall–Kier alpha value is -3.52. The van der Waals surface area contributed by atoms with Crippen LogP contribution in [-0.2, 0) is 19.1 Å². The molecule has 3 aliphatic rings. The van der Waals surface area contributed by atoms with E-state index >= 15 is 0 Å². The minimum Gasteiger partial charge on any atom is -0.493 e. The van der Waals surface area contributed by atoms with Gasteiger partial charge in [-0.3, -0.25) is 0 Å². The summed E-state index contributed by atoms with van der Waals surface area (Å²) in [6.07, 6.45) is 11.4. The average Bonchev–Trinajstić information content (AvgIpc) is 3.36. The number of benzene rings is 1. The monoisotopic (exact) mass is 552 g/mol. The molecule has 8 nitrogen and oxygen atoms in total. The minimum atomic E-state index is -0.624. The molecule has 8 heteroatoms. The number of aliphatic hydroxyl groups excluding tert-OH is 1. The Bertz CT molecular complexity index is 1220. The molecule has 2 saturated carbocycles. The van der Waals surface area contributed by atoms with Crippen LogP contribution in [0, 0.1) is 22.7 Å². The lowest BCUT2D eigenvalue weighted by molar-refractivity contribution is -0.182. The van der Waals surface area contributed by atoms with Gasteiger partial charge in [-0.25, -0.2) is 9.59 Å². The third kappa shape index (κ3) is 5.42. The number of rotatable bonds is 9. The Morgan fingerprint density at radius 1 is 1.15 bits per heavy atom. The largest absolute Gasteiger partial charge is 0.493 e. The molecule has 0 saturated heterocycles. The molecule has 40 heavy (non-hydrogen) atoms. The highest BCUT2D eigenvalue weighted by Gasteiger charge is 2.58. The molecule has 4 rings (SSSR count). The fraction of sp³-hybridized carbons (Fsp3) is 0.500. The molecule has 0 bridgehead atoms. The SMILES string of the molecule is C=C1CCC2[C@](C)(CO)[C@H](OC(=O)/C=C/c3cc(OC)c(OC)c(OC)c3)CC[C@@]2(C)[C@@H]1C/C=C1\C=COC1=O. The van der Waals surface area contributed by atoms with Crippen LogP contribution in [-0.4, -0.2) is 51.1 Å². The van der Waals surface area contributed by atoms with E-state index in [0.29, 0.717) is 41.2 Å². The van der Waals surface area contributed by atoms with Crippen LogP contribution in [0.25, 0.3) is 6.08 Å². The van der Waals surface area contributed by atoms with Crippen LogP contribution in [0.2, 0.25) is 0 Å². The van der Waals surface area contributed by atoms with Crippen molar-refractivity contribution in [1.29, 1.82) is 0 Å². The van der Waals surface area contributed by atoms with Crippen molar-refractivity contribution >= 4 is 18.0 Å². The van der Waals surface area contributed by atoms with Gasteiger partial charge in [0.2, 0.25) is 5.75 Å². The van der Waals surface area contributed by atoms with E-state index in [9.17, 15) is 14.7 Å². The number of allylic oxidation sites excluding steroid dienone is 2. The summed E-state index contributed by atoms with van der Waals surface area (Å²) in [7, 11) is 4.60. The van der Waals surface area contributed by atoms with Crippen molar-refractivity contribution in [2.24, 2.45) is 22.7 Å². The van der Waals surface area contributed by atoms with Crippen molar-refractivity contribution in [2.45, 2.75) is 52.1 Å². The lowest BCUT2D eigenvalue weighted by Gasteiger charge is -2.60. The zero-order chi connectivity index (χ0) is 29.1. The molecule has 0 amide bonds. The van der Waals surface area contributed by atoms with Gasteiger partial charge in [0.05, 0.1) is 39.8 Å². The number of cyclic esters (lactones) is 1. The number of carbonyl (C=O) groups is 2. The van der Waals surface area contributed by atoms with Gasteiger partial charge >= 0.3 is 11.9 Å². The Morgan fingerprint density at radius 2 is 1.85 bits per heavy atom. The van der Waals surface area contributed by atoms with Gasteiger partial charge in [0.25, 0.3) is 0 Å².